The molecule has 0 saturated carbocycles. The first kappa shape index (κ1) is 115. The minimum Gasteiger partial charge on any atom is -0.480 e. The Bertz CT molecular complexity index is 4140. The second-order valence-corrected chi connectivity index (χ2v) is 32.0. The van der Waals surface area contributed by atoms with Gasteiger partial charge in [0.1, 0.15) is 93.1 Å². The average molecular weight is 1900 g/mol. The molecule has 0 bridgehead atoms. The maximum absolute atomic E-state index is 12.8. The summed E-state index contributed by atoms with van der Waals surface area (Å²) in [5, 5.41) is 53.8. The van der Waals surface area contributed by atoms with E-state index in [1.54, 1.807) is 47.6 Å². The number of amides is 4. The Kier molecular flexibility index (Phi) is 51.6. The van der Waals surface area contributed by atoms with Gasteiger partial charge in [0.15, 0.2) is 0 Å². The Balaban J connectivity index is 0.000000405. The molecular formula is C88H123ClF6N10O27. The zero-order valence-electron chi connectivity index (χ0n) is 74.4. The molecule has 4 amide bonds. The van der Waals surface area contributed by atoms with E-state index in [4.69, 9.17) is 63.0 Å². The zero-order chi connectivity index (χ0) is 97.6. The first-order valence-electron chi connectivity index (χ1n) is 41.7. The van der Waals surface area contributed by atoms with Crippen molar-refractivity contribution < 1.29 is 157 Å². The normalized spacial score (nSPS) is 22.8. The number of alkyl halides is 6. The molecule has 0 aliphatic carbocycles. The van der Waals surface area contributed by atoms with Crippen LogP contribution in [-0.2, 0) is 115 Å². The highest BCUT2D eigenvalue weighted by atomic mass is 35.5. The van der Waals surface area contributed by atoms with Crippen molar-refractivity contribution in [3.8, 4) is 0 Å². The number of nitrogens with one attached hydrogen (secondary N) is 6. The Morgan fingerprint density at radius 1 is 0.371 bits per heavy atom. The molecule has 3 aromatic carbocycles. The number of hydrogen-bond donors (Lipinski definition) is 11. The molecule has 7 heterocycles. The highest BCUT2D eigenvalue weighted by molar-refractivity contribution is 5.90. The molecule has 7 aliphatic rings. The van der Waals surface area contributed by atoms with E-state index in [0.29, 0.717) is 63.4 Å². The number of β-amino-alcohol motifs (C(OH)–C–C–N with tert-alkyl or cyclic N) is 4. The van der Waals surface area contributed by atoms with Gasteiger partial charge >= 0.3 is 78.1 Å². The van der Waals surface area contributed by atoms with Crippen molar-refractivity contribution >= 4 is 78.2 Å². The number of benzene rings is 3. The van der Waals surface area contributed by atoms with Gasteiger partial charge in [-0.2, -0.15) is 42.8 Å². The molecule has 736 valence electrons. The van der Waals surface area contributed by atoms with Gasteiger partial charge in [0, 0.05) is 71.0 Å². The lowest BCUT2D eigenvalue weighted by atomic mass is 10.2. The smallest absolute Gasteiger partial charge is 0.471 e. The quantitative estimate of drug-likeness (QED) is 0.0117. The fraction of sp³-hybridized carbons (Fsp3) is 0.534. The van der Waals surface area contributed by atoms with E-state index in [1.807, 2.05) is 91.0 Å². The van der Waals surface area contributed by atoms with E-state index in [2.05, 4.69) is 76.6 Å². The zero-order valence-corrected chi connectivity index (χ0v) is 75.2. The van der Waals surface area contributed by atoms with Crippen LogP contribution in [0.25, 0.3) is 0 Å². The van der Waals surface area contributed by atoms with Crippen LogP contribution in [-0.4, -0.2) is 305 Å². The Hall–Kier alpha value is -10.8. The maximum atomic E-state index is 12.8. The molecule has 132 heavy (non-hydrogen) atoms. The van der Waals surface area contributed by atoms with E-state index in [0.717, 1.165) is 16.7 Å². The molecule has 7 aliphatic heterocycles. The van der Waals surface area contributed by atoms with Crippen LogP contribution in [0.5, 0.6) is 0 Å². The fourth-order valence-corrected chi connectivity index (χ4v) is 12.9. The summed E-state index contributed by atoms with van der Waals surface area (Å²) in [4.78, 5) is 147. The molecule has 0 aromatic heterocycles. The summed E-state index contributed by atoms with van der Waals surface area (Å²) in [5.74, 6) is -8.59. The molecule has 10 rings (SSSR count). The number of aliphatic hydroxyl groups excluding tert-OH is 4. The molecular weight excluding hydrogens is 1780 g/mol. The van der Waals surface area contributed by atoms with Gasteiger partial charge in [0.05, 0.1) is 62.9 Å². The van der Waals surface area contributed by atoms with Crippen LogP contribution in [0.15, 0.2) is 167 Å². The number of rotatable bonds is 31. The second kappa shape index (κ2) is 59.0. The topological polar surface area (TPSA) is 476 Å². The van der Waals surface area contributed by atoms with Crippen LogP contribution in [0, 0.1) is 0 Å². The Morgan fingerprint density at radius 2 is 0.644 bits per heavy atom. The number of likely N-dealkylation sites (tertiary alicyclic amines) is 4. The minimum absolute atomic E-state index is 0. The number of hydrogen-bond acceptors (Lipinski definition) is 32. The monoisotopic (exact) mass is 1900 g/mol. The van der Waals surface area contributed by atoms with Gasteiger partial charge in [-0.1, -0.05) is 167 Å². The number of ether oxygens (including phenoxy) is 8. The standard InChI is InChI=1S/C20H28N2O5.C17H19F3N2O4.C15H20N2O3.C13H21NO5.C10H12F3NO4.C8H13NO3.C5H9NO3.ClH/c1-5-11-25-18(23)17-12-16(13-22(17)19(24)27-20(2,3)4)21-26-14-15-9-7-6-8-10-15;1-2-8-25-15(23)14-9-13(10-22(14)16(24)17(18,19)20)21-26-11-12-6-4-3-5-7-12;1-2-8-19-15(18)14-9-13(10-16-14)17-20-11-12-6-4-3-5-7-12;1-5-6-18-11(16)10-7-9(15)8-14(10)12(17)19-13(2,3)4;1-2-3-18-8(16)7-4-6(15)5-14(7)9(17)10(11,12)13;1-2-3-12-8(11)7-4-6(10)5-9-7;7-3-1-4(5(8)9)6-2-3;/h5-10,16-17,21H,1,11-14H2,2-4H3;2-7,13-14,21H,1,8-11H2;2-7,13-14,16-17H,1,8-11H2;5,9-10,15H,1,6-8H2,2-4H3;2,6-7,15H,1,3-5H2;2,6-7,9-10H,1,3-5H2;3-4,6-7H,1-2H2,(H,8,9);1H/t16-,17+;2*13-,14+;9-,10-;2*6-,7-;3-,4?;/m1110000./s1. The number of carbonyl (C=O) groups is 11. The molecule has 37 nitrogen and oxygen atoms in total. The van der Waals surface area contributed by atoms with Crippen LogP contribution in [0.1, 0.15) is 103 Å². The number of carboxylic acids is 1. The molecule has 3 aromatic rings. The van der Waals surface area contributed by atoms with Crippen molar-refractivity contribution in [2.45, 2.75) is 215 Å². The van der Waals surface area contributed by atoms with Crippen molar-refractivity contribution in [3.05, 3.63) is 184 Å². The van der Waals surface area contributed by atoms with Crippen LogP contribution in [0.3, 0.4) is 0 Å². The van der Waals surface area contributed by atoms with Crippen molar-refractivity contribution in [1.82, 2.24) is 52.0 Å². The van der Waals surface area contributed by atoms with Gasteiger partial charge in [-0.3, -0.25) is 48.3 Å². The lowest BCUT2D eigenvalue weighted by molar-refractivity contribution is -0.188. The van der Waals surface area contributed by atoms with Crippen LogP contribution in [0.4, 0.5) is 35.9 Å². The van der Waals surface area contributed by atoms with E-state index in [9.17, 15) is 89.3 Å². The van der Waals surface area contributed by atoms with Crippen LogP contribution in [0.2, 0.25) is 0 Å². The first-order valence-corrected chi connectivity index (χ1v) is 41.7. The summed E-state index contributed by atoms with van der Waals surface area (Å²) in [6, 6.07) is 22.6. The summed E-state index contributed by atoms with van der Waals surface area (Å²) >= 11 is 0. The van der Waals surface area contributed by atoms with Gasteiger partial charge in [0.25, 0.3) is 0 Å². The lowest BCUT2D eigenvalue weighted by Gasteiger charge is -2.27. The number of halogens is 7. The van der Waals surface area contributed by atoms with Gasteiger partial charge in [-0.05, 0) is 77.5 Å². The van der Waals surface area contributed by atoms with Gasteiger partial charge in [-0.15, -0.1) is 12.4 Å². The third kappa shape index (κ3) is 43.3. The molecule has 44 heteroatoms. The molecule has 1 unspecified atom stereocenters. The predicted molar refractivity (Wildman–Crippen MR) is 465 cm³/mol. The summed E-state index contributed by atoms with van der Waals surface area (Å²) in [6.45, 7) is 33.6. The molecule has 0 spiro atoms. The van der Waals surface area contributed by atoms with E-state index in [1.165, 1.54) is 40.2 Å². The maximum Gasteiger partial charge on any atom is 0.471 e. The van der Waals surface area contributed by atoms with E-state index in [-0.39, 0.29) is 139 Å². The van der Waals surface area contributed by atoms with Gasteiger partial charge in [-0.25, -0.2) is 28.8 Å². The van der Waals surface area contributed by atoms with Gasteiger partial charge in [0.2, 0.25) is 0 Å². The molecule has 7 fully saturated rings. The Morgan fingerprint density at radius 3 is 0.955 bits per heavy atom. The number of aliphatic hydroxyl groups is 4. The van der Waals surface area contributed by atoms with Crippen molar-refractivity contribution in [3.63, 3.8) is 0 Å². The molecule has 7 saturated heterocycles. The molecule has 14 atom stereocenters. The van der Waals surface area contributed by atoms with E-state index < -0.39 is 145 Å². The highest BCUT2D eigenvalue weighted by Crippen LogP contribution is 2.30. The van der Waals surface area contributed by atoms with Crippen molar-refractivity contribution in [2.24, 2.45) is 0 Å². The van der Waals surface area contributed by atoms with Crippen molar-refractivity contribution in [1.29, 1.82) is 0 Å². The number of carbonyl (C=O) groups excluding carboxylic acids is 10. The third-order valence-electron chi connectivity index (χ3n) is 18.8. The minimum atomic E-state index is -5.08. The number of nitrogens with zero attached hydrogens (tertiary/aromatic N) is 4. The average Bonchev–Trinajstić information content (AvgIpc) is 1.75. The lowest BCUT2D eigenvalue weighted by Crippen LogP contribution is -2.47. The summed E-state index contributed by atoms with van der Waals surface area (Å²) in [6.07, 6.45) is -3.93. The van der Waals surface area contributed by atoms with Crippen LogP contribution >= 0.6 is 12.4 Å². The number of carboxylic acid groups (broad SMARTS) is 1. The van der Waals surface area contributed by atoms with Crippen molar-refractivity contribution in [2.75, 3.05) is 85.5 Å². The van der Waals surface area contributed by atoms with E-state index >= 15 is 0 Å². The fourth-order valence-electron chi connectivity index (χ4n) is 12.9. The summed E-state index contributed by atoms with van der Waals surface area (Å²) in [7, 11) is 0. The SMILES string of the molecule is C=CCOC(=O)[C@@H]1C[C@@H](NOCc2ccccc2)CN1.C=CCOC(=O)[C@@H]1C[C@@H](NOCc2ccccc2)CN1C(=O)C(F)(F)F.C=CCOC(=O)[C@@H]1C[C@@H](NOCc2ccccc2)CN1C(=O)OC(C)(C)C.C=CCOC(=O)[C@@H]1C[C@H](O)CN1.C=CCOC(=O)[C@@H]1C[C@H](O)CN1C(=O)C(F)(F)F.C=CCOC(=O)[C@@H]1C[C@H](O)CN1C(=O)OC(C)(C)C.Cl.O=C(O)C1C[C@H](O)CN1. The summed E-state index contributed by atoms with van der Waals surface area (Å²) in [5.41, 5.74) is 10.2. The number of esters is 6. The first-order chi connectivity index (χ1) is 61.9. The van der Waals surface area contributed by atoms with Crippen LogP contribution < -0.4 is 32.4 Å². The largest absolute Gasteiger partial charge is 0.480 e. The number of hydroxylamine groups is 3. The Labute approximate surface area is 767 Å². The highest BCUT2D eigenvalue weighted by Gasteiger charge is 2.53. The molecule has 0 radical (unpaired) electrons. The predicted octanol–water partition coefficient (Wildman–Crippen LogP) is 5.93. The van der Waals surface area contributed by atoms with Gasteiger partial charge < -0.3 is 89.2 Å². The second-order valence-electron chi connectivity index (χ2n) is 32.0. The summed E-state index contributed by atoms with van der Waals surface area (Å²) < 4.78 is 115. The number of aliphatic carboxylic acids is 1. The third-order valence-corrected chi connectivity index (χ3v) is 18.8. The molecule has 11 N–H and O–H groups in total.